The molecule has 0 atom stereocenters. The Bertz CT molecular complexity index is 749. The third kappa shape index (κ3) is 1.97. The van der Waals surface area contributed by atoms with Crippen molar-refractivity contribution in [2.45, 2.75) is 6.42 Å². The van der Waals surface area contributed by atoms with Crippen LogP contribution in [0.3, 0.4) is 0 Å². The zero-order chi connectivity index (χ0) is 14.3. The lowest BCUT2D eigenvalue weighted by molar-refractivity contribution is 0.0989. The number of amides is 1. The summed E-state index contributed by atoms with van der Waals surface area (Å²) in [6.45, 7) is 0.618. The molecule has 2 N–H and O–H groups in total. The van der Waals surface area contributed by atoms with Gasteiger partial charge in [-0.15, -0.1) is 0 Å². The van der Waals surface area contributed by atoms with E-state index in [0.717, 1.165) is 17.7 Å². The Morgan fingerprint density at radius 3 is 2.80 bits per heavy atom. The van der Waals surface area contributed by atoms with Gasteiger partial charge in [0.15, 0.2) is 0 Å². The molecule has 5 nitrogen and oxygen atoms in total. The van der Waals surface area contributed by atoms with Crippen molar-refractivity contribution >= 4 is 17.3 Å². The number of pyridine rings is 1. The van der Waals surface area contributed by atoms with E-state index in [1.54, 1.807) is 30.3 Å². The van der Waals surface area contributed by atoms with Gasteiger partial charge in [-0.2, -0.15) is 0 Å². The molecule has 0 fully saturated rings. The molecular formula is C15H15N3O2. The van der Waals surface area contributed by atoms with E-state index in [0.29, 0.717) is 17.8 Å². The molecule has 0 saturated heterocycles. The molecule has 0 saturated carbocycles. The predicted molar refractivity (Wildman–Crippen MR) is 77.9 cm³/mol. The maximum Gasteiger partial charge on any atom is 0.258 e. The van der Waals surface area contributed by atoms with Crippen LogP contribution in [0.4, 0.5) is 11.4 Å². The van der Waals surface area contributed by atoms with E-state index in [-0.39, 0.29) is 11.5 Å². The Kier molecular flexibility index (Phi) is 2.82. The number of hydrogen-bond donors (Lipinski definition) is 1. The topological polar surface area (TPSA) is 68.3 Å². The van der Waals surface area contributed by atoms with Gasteiger partial charge in [-0.05, 0) is 30.2 Å². The molecule has 0 bridgehead atoms. The number of fused-ring (bicyclic) bond motifs is 1. The van der Waals surface area contributed by atoms with Crippen molar-refractivity contribution in [3.8, 4) is 0 Å². The van der Waals surface area contributed by atoms with Gasteiger partial charge in [-0.3, -0.25) is 9.59 Å². The summed E-state index contributed by atoms with van der Waals surface area (Å²) in [6, 6.07) is 8.62. The first kappa shape index (κ1) is 12.5. The molecule has 1 aromatic heterocycles. The molecule has 0 unspecified atom stereocenters. The summed E-state index contributed by atoms with van der Waals surface area (Å²) in [5.74, 6) is -0.160. The highest BCUT2D eigenvalue weighted by Gasteiger charge is 2.25. The van der Waals surface area contributed by atoms with Crippen LogP contribution in [-0.2, 0) is 13.5 Å². The quantitative estimate of drug-likeness (QED) is 0.790. The summed E-state index contributed by atoms with van der Waals surface area (Å²) in [6.07, 6.45) is 2.41. The number of benzene rings is 1. The van der Waals surface area contributed by atoms with Crippen LogP contribution in [0.1, 0.15) is 15.9 Å². The maximum absolute atomic E-state index is 12.5. The predicted octanol–water partition coefficient (Wildman–Crippen LogP) is 1.17. The van der Waals surface area contributed by atoms with Crippen LogP contribution in [-0.4, -0.2) is 17.0 Å². The summed E-state index contributed by atoms with van der Waals surface area (Å²) in [4.78, 5) is 25.8. The first-order valence-corrected chi connectivity index (χ1v) is 6.43. The summed E-state index contributed by atoms with van der Waals surface area (Å²) in [5.41, 5.74) is 8.58. The Balaban J connectivity index is 1.99. The first-order valence-electron chi connectivity index (χ1n) is 6.43. The highest BCUT2D eigenvalue weighted by Crippen LogP contribution is 2.30. The van der Waals surface area contributed by atoms with E-state index in [9.17, 15) is 9.59 Å². The molecule has 0 radical (unpaired) electrons. The fourth-order valence-corrected chi connectivity index (χ4v) is 2.44. The van der Waals surface area contributed by atoms with Crippen molar-refractivity contribution in [3.63, 3.8) is 0 Å². The van der Waals surface area contributed by atoms with Gasteiger partial charge in [-0.1, -0.05) is 6.07 Å². The molecule has 2 heterocycles. The molecule has 1 aliphatic heterocycles. The van der Waals surface area contributed by atoms with Crippen LogP contribution in [0.15, 0.2) is 41.3 Å². The van der Waals surface area contributed by atoms with Gasteiger partial charge in [-0.25, -0.2) is 0 Å². The molecule has 1 aromatic carbocycles. The molecular weight excluding hydrogens is 254 g/mol. The van der Waals surface area contributed by atoms with E-state index in [1.807, 2.05) is 12.1 Å². The smallest absolute Gasteiger partial charge is 0.258 e. The second-order valence-corrected chi connectivity index (χ2v) is 4.96. The number of carbonyl (C=O) groups excluding carboxylic acids is 1. The van der Waals surface area contributed by atoms with Crippen LogP contribution in [0.5, 0.6) is 0 Å². The van der Waals surface area contributed by atoms with E-state index >= 15 is 0 Å². The Morgan fingerprint density at radius 2 is 2.05 bits per heavy atom. The number of nitrogen functional groups attached to an aromatic ring is 1. The molecule has 0 spiro atoms. The zero-order valence-corrected chi connectivity index (χ0v) is 11.2. The van der Waals surface area contributed by atoms with Gasteiger partial charge in [0.25, 0.3) is 11.5 Å². The number of carbonyl (C=O) groups is 1. The average molecular weight is 269 g/mol. The van der Waals surface area contributed by atoms with Crippen molar-refractivity contribution in [1.82, 2.24) is 4.57 Å². The van der Waals surface area contributed by atoms with Crippen LogP contribution in [0.25, 0.3) is 0 Å². The second-order valence-electron chi connectivity index (χ2n) is 4.96. The lowest BCUT2D eigenvalue weighted by Crippen LogP contribution is -2.30. The van der Waals surface area contributed by atoms with Crippen molar-refractivity contribution in [1.29, 1.82) is 0 Å². The van der Waals surface area contributed by atoms with E-state index in [2.05, 4.69) is 0 Å². The number of nitrogens with zero attached hydrogens (tertiary/aromatic N) is 2. The van der Waals surface area contributed by atoms with Gasteiger partial charge in [0.1, 0.15) is 0 Å². The SMILES string of the molecule is Cn1ccc(C(=O)N2CCc3ccc(N)cc32)cc1=O. The minimum atomic E-state index is -0.192. The molecule has 1 aliphatic rings. The van der Waals surface area contributed by atoms with Crippen molar-refractivity contribution in [3.05, 3.63) is 58.0 Å². The third-order valence-electron chi connectivity index (χ3n) is 3.60. The minimum Gasteiger partial charge on any atom is -0.399 e. The molecule has 3 rings (SSSR count). The largest absolute Gasteiger partial charge is 0.399 e. The number of rotatable bonds is 1. The van der Waals surface area contributed by atoms with Crippen molar-refractivity contribution < 1.29 is 4.79 Å². The van der Waals surface area contributed by atoms with Crippen molar-refractivity contribution in [2.75, 3.05) is 17.2 Å². The van der Waals surface area contributed by atoms with Gasteiger partial charge >= 0.3 is 0 Å². The highest BCUT2D eigenvalue weighted by atomic mass is 16.2. The van der Waals surface area contributed by atoms with Crippen molar-refractivity contribution in [2.24, 2.45) is 7.05 Å². The number of aryl methyl sites for hydroxylation is 1. The Labute approximate surface area is 116 Å². The molecule has 2 aromatic rings. The fourth-order valence-electron chi connectivity index (χ4n) is 2.44. The van der Waals surface area contributed by atoms with Gasteiger partial charge in [0, 0.05) is 42.8 Å². The number of nitrogens with two attached hydrogens (primary N) is 1. The Morgan fingerprint density at radius 1 is 1.25 bits per heavy atom. The number of anilines is 2. The standard InChI is InChI=1S/C15H15N3O2/c1-17-6-4-11(8-14(17)19)15(20)18-7-5-10-2-3-12(16)9-13(10)18/h2-4,6,8-9H,5,7,16H2,1H3. The summed E-state index contributed by atoms with van der Waals surface area (Å²) < 4.78 is 1.44. The summed E-state index contributed by atoms with van der Waals surface area (Å²) in [5, 5.41) is 0. The molecule has 1 amide bonds. The summed E-state index contributed by atoms with van der Waals surface area (Å²) >= 11 is 0. The fraction of sp³-hybridized carbons (Fsp3) is 0.200. The van der Waals surface area contributed by atoms with Crippen LogP contribution in [0.2, 0.25) is 0 Å². The van der Waals surface area contributed by atoms with Gasteiger partial charge in [0.05, 0.1) is 0 Å². The average Bonchev–Trinajstić information content (AvgIpc) is 2.84. The maximum atomic E-state index is 12.5. The van der Waals surface area contributed by atoms with Gasteiger partial charge in [0.2, 0.25) is 0 Å². The Hall–Kier alpha value is -2.56. The second kappa shape index (κ2) is 4.52. The molecule has 20 heavy (non-hydrogen) atoms. The monoisotopic (exact) mass is 269 g/mol. The van der Waals surface area contributed by atoms with E-state index in [4.69, 9.17) is 5.73 Å². The first-order chi connectivity index (χ1) is 9.56. The van der Waals surface area contributed by atoms with E-state index in [1.165, 1.54) is 10.6 Å². The third-order valence-corrected chi connectivity index (χ3v) is 3.60. The summed E-state index contributed by atoms with van der Waals surface area (Å²) in [7, 11) is 1.66. The van der Waals surface area contributed by atoms with Crippen LogP contribution in [0, 0.1) is 0 Å². The normalized spacial score (nSPS) is 13.3. The van der Waals surface area contributed by atoms with E-state index < -0.39 is 0 Å². The van der Waals surface area contributed by atoms with Crippen LogP contribution < -0.4 is 16.2 Å². The molecule has 102 valence electrons. The molecule has 5 heteroatoms. The lowest BCUT2D eigenvalue weighted by atomic mass is 10.1. The zero-order valence-electron chi connectivity index (χ0n) is 11.2. The number of aromatic nitrogens is 1. The minimum absolute atomic E-state index is 0.160. The van der Waals surface area contributed by atoms with Gasteiger partial charge < -0.3 is 15.2 Å². The molecule has 0 aliphatic carbocycles. The highest BCUT2D eigenvalue weighted by molar-refractivity contribution is 6.07. The lowest BCUT2D eigenvalue weighted by Gasteiger charge is -2.17. The number of hydrogen-bond acceptors (Lipinski definition) is 3. The van der Waals surface area contributed by atoms with Crippen LogP contribution >= 0.6 is 0 Å².